The van der Waals surface area contributed by atoms with E-state index in [-0.39, 0.29) is 12.1 Å². The second kappa shape index (κ2) is 6.71. The van der Waals surface area contributed by atoms with Gasteiger partial charge in [0.25, 0.3) is 0 Å². The Morgan fingerprint density at radius 1 is 1.38 bits per heavy atom. The van der Waals surface area contributed by atoms with Gasteiger partial charge in [-0.05, 0) is 31.5 Å². The van der Waals surface area contributed by atoms with Crippen LogP contribution in [0.15, 0.2) is 27.1 Å². The Hall–Kier alpha value is 0.0600. The molecule has 0 aliphatic heterocycles. The Morgan fingerprint density at radius 2 is 2.06 bits per heavy atom. The molecule has 3 N–H and O–H groups in total. The number of nitrogens with one attached hydrogen (secondary N) is 1. The predicted molar refractivity (Wildman–Crippen MR) is 73.0 cm³/mol. The van der Waals surface area contributed by atoms with Crippen LogP contribution in [0.25, 0.3) is 0 Å². The van der Waals surface area contributed by atoms with Gasteiger partial charge in [0.1, 0.15) is 0 Å². The monoisotopic (exact) mass is 350 g/mol. The van der Waals surface area contributed by atoms with Crippen LogP contribution in [0.2, 0.25) is 0 Å². The minimum absolute atomic E-state index is 0.00938. The third kappa shape index (κ3) is 4.14. The summed E-state index contributed by atoms with van der Waals surface area (Å²) in [5, 5.41) is 0. The molecule has 0 heterocycles. The molecule has 3 nitrogen and oxygen atoms in total. The zero-order valence-electron chi connectivity index (χ0n) is 9.34. The summed E-state index contributed by atoms with van der Waals surface area (Å²) in [5.74, 6) is 5.54. The number of rotatable bonds is 5. The Kier molecular flexibility index (Phi) is 5.92. The average Bonchev–Trinajstić information content (AvgIpc) is 2.21. The molecule has 0 spiro atoms. The summed E-state index contributed by atoms with van der Waals surface area (Å²) < 4.78 is 7.60. The molecule has 0 amide bonds. The molecule has 90 valence electrons. The van der Waals surface area contributed by atoms with Crippen LogP contribution in [0.3, 0.4) is 0 Å². The fraction of sp³-hybridized carbons (Fsp3) is 0.455. The maximum absolute atomic E-state index is 5.56. The van der Waals surface area contributed by atoms with Crippen molar-refractivity contribution in [3.63, 3.8) is 0 Å². The Bertz CT molecular complexity index is 345. The molecule has 0 saturated carbocycles. The highest BCUT2D eigenvalue weighted by molar-refractivity contribution is 9.11. The molecular formula is C11H16Br2N2O. The maximum atomic E-state index is 5.56. The van der Waals surface area contributed by atoms with Gasteiger partial charge in [-0.2, -0.15) is 0 Å². The van der Waals surface area contributed by atoms with Crippen molar-refractivity contribution in [2.75, 3.05) is 6.61 Å². The predicted octanol–water partition coefficient (Wildman–Crippen LogP) is 3.14. The normalized spacial score (nSPS) is 13.1. The molecular weight excluding hydrogens is 336 g/mol. The zero-order chi connectivity index (χ0) is 12.1. The van der Waals surface area contributed by atoms with Gasteiger partial charge in [0.05, 0.1) is 18.8 Å². The van der Waals surface area contributed by atoms with Gasteiger partial charge in [-0.1, -0.05) is 37.9 Å². The van der Waals surface area contributed by atoms with E-state index >= 15 is 0 Å². The van der Waals surface area contributed by atoms with Gasteiger partial charge in [0.2, 0.25) is 0 Å². The highest BCUT2D eigenvalue weighted by atomic mass is 79.9. The van der Waals surface area contributed by atoms with Crippen LogP contribution in [0.4, 0.5) is 0 Å². The molecule has 0 bridgehead atoms. The summed E-state index contributed by atoms with van der Waals surface area (Å²) in [6, 6.07) is 5.99. The van der Waals surface area contributed by atoms with Crippen LogP contribution in [-0.2, 0) is 4.74 Å². The standard InChI is InChI=1S/C11H16Br2N2O/c1-7(2)16-6-11(15-14)9-4-3-8(12)5-10(9)13/h3-5,7,11,15H,6,14H2,1-2H3. The lowest BCUT2D eigenvalue weighted by atomic mass is 10.1. The van der Waals surface area contributed by atoms with E-state index in [4.69, 9.17) is 10.6 Å². The summed E-state index contributed by atoms with van der Waals surface area (Å²) in [6.45, 7) is 4.56. The van der Waals surface area contributed by atoms with Gasteiger partial charge < -0.3 is 4.74 Å². The summed E-state index contributed by atoms with van der Waals surface area (Å²) in [6.07, 6.45) is 0.199. The first-order chi connectivity index (χ1) is 7.54. The van der Waals surface area contributed by atoms with E-state index < -0.39 is 0 Å². The van der Waals surface area contributed by atoms with Crippen molar-refractivity contribution in [3.05, 3.63) is 32.7 Å². The van der Waals surface area contributed by atoms with Crippen molar-refractivity contribution in [3.8, 4) is 0 Å². The molecule has 1 unspecified atom stereocenters. The number of hydrogen-bond acceptors (Lipinski definition) is 3. The van der Waals surface area contributed by atoms with Crippen LogP contribution in [0.5, 0.6) is 0 Å². The van der Waals surface area contributed by atoms with Crippen LogP contribution < -0.4 is 11.3 Å². The third-order valence-electron chi connectivity index (χ3n) is 2.14. The van der Waals surface area contributed by atoms with Crippen molar-refractivity contribution in [1.29, 1.82) is 0 Å². The number of halogens is 2. The molecule has 1 atom stereocenters. The SMILES string of the molecule is CC(C)OCC(NN)c1ccc(Br)cc1Br. The molecule has 0 aliphatic rings. The molecule has 0 fully saturated rings. The molecule has 0 aliphatic carbocycles. The topological polar surface area (TPSA) is 47.3 Å². The molecule has 1 aromatic carbocycles. The first-order valence-corrected chi connectivity index (χ1v) is 6.66. The van der Waals surface area contributed by atoms with E-state index in [1.165, 1.54) is 0 Å². The van der Waals surface area contributed by atoms with Crippen LogP contribution in [-0.4, -0.2) is 12.7 Å². The Morgan fingerprint density at radius 3 is 2.56 bits per heavy atom. The van der Waals surface area contributed by atoms with E-state index in [2.05, 4.69) is 37.3 Å². The van der Waals surface area contributed by atoms with Gasteiger partial charge in [0.15, 0.2) is 0 Å². The number of hydrazine groups is 1. The van der Waals surface area contributed by atoms with E-state index in [0.29, 0.717) is 6.61 Å². The molecule has 16 heavy (non-hydrogen) atoms. The Labute approximate surface area is 113 Å². The van der Waals surface area contributed by atoms with Gasteiger partial charge in [-0.25, -0.2) is 0 Å². The summed E-state index contributed by atoms with van der Waals surface area (Å²) in [4.78, 5) is 0. The highest BCUT2D eigenvalue weighted by Gasteiger charge is 2.14. The van der Waals surface area contributed by atoms with Crippen LogP contribution in [0, 0.1) is 0 Å². The van der Waals surface area contributed by atoms with Gasteiger partial charge in [0, 0.05) is 8.95 Å². The zero-order valence-corrected chi connectivity index (χ0v) is 12.5. The number of nitrogens with two attached hydrogens (primary N) is 1. The lowest BCUT2D eigenvalue weighted by Crippen LogP contribution is -2.32. The lowest BCUT2D eigenvalue weighted by molar-refractivity contribution is 0.0610. The number of hydrogen-bond donors (Lipinski definition) is 2. The number of ether oxygens (including phenoxy) is 1. The van der Waals surface area contributed by atoms with Gasteiger partial charge in [-0.15, -0.1) is 0 Å². The van der Waals surface area contributed by atoms with Crippen molar-refractivity contribution >= 4 is 31.9 Å². The molecule has 1 rings (SSSR count). The van der Waals surface area contributed by atoms with Gasteiger partial charge >= 0.3 is 0 Å². The van der Waals surface area contributed by atoms with Crippen molar-refractivity contribution in [2.24, 2.45) is 5.84 Å². The largest absolute Gasteiger partial charge is 0.377 e. The second-order valence-electron chi connectivity index (χ2n) is 3.77. The summed E-state index contributed by atoms with van der Waals surface area (Å²) in [5.41, 5.74) is 3.85. The van der Waals surface area contributed by atoms with Crippen molar-refractivity contribution in [1.82, 2.24) is 5.43 Å². The van der Waals surface area contributed by atoms with Crippen LogP contribution in [0.1, 0.15) is 25.5 Å². The Balaban J connectivity index is 2.78. The molecule has 0 radical (unpaired) electrons. The maximum Gasteiger partial charge on any atom is 0.0704 e. The third-order valence-corrected chi connectivity index (χ3v) is 3.32. The molecule has 5 heteroatoms. The van der Waals surface area contributed by atoms with Crippen molar-refractivity contribution in [2.45, 2.75) is 26.0 Å². The van der Waals surface area contributed by atoms with Crippen molar-refractivity contribution < 1.29 is 4.74 Å². The minimum Gasteiger partial charge on any atom is -0.377 e. The first kappa shape index (κ1) is 14.1. The van der Waals surface area contributed by atoms with E-state index in [1.54, 1.807) is 0 Å². The van der Waals surface area contributed by atoms with E-state index in [0.717, 1.165) is 14.5 Å². The summed E-state index contributed by atoms with van der Waals surface area (Å²) >= 11 is 6.93. The second-order valence-corrected chi connectivity index (χ2v) is 5.54. The molecule has 1 aromatic rings. The molecule has 0 aromatic heterocycles. The first-order valence-electron chi connectivity index (χ1n) is 5.07. The summed E-state index contributed by atoms with van der Waals surface area (Å²) in [7, 11) is 0. The highest BCUT2D eigenvalue weighted by Crippen LogP contribution is 2.26. The average molecular weight is 352 g/mol. The fourth-order valence-corrected chi connectivity index (χ4v) is 2.62. The fourth-order valence-electron chi connectivity index (χ4n) is 1.30. The smallest absolute Gasteiger partial charge is 0.0704 e. The van der Waals surface area contributed by atoms with Gasteiger partial charge in [-0.3, -0.25) is 11.3 Å². The van der Waals surface area contributed by atoms with E-state index in [1.807, 2.05) is 32.0 Å². The minimum atomic E-state index is -0.00938. The van der Waals surface area contributed by atoms with Crippen LogP contribution >= 0.6 is 31.9 Å². The lowest BCUT2D eigenvalue weighted by Gasteiger charge is -2.19. The van der Waals surface area contributed by atoms with E-state index in [9.17, 15) is 0 Å². The number of benzene rings is 1. The molecule has 0 saturated heterocycles. The quantitative estimate of drug-likeness (QED) is 0.632.